The molecule has 0 aromatic heterocycles. The molecule has 176 valence electrons. The minimum Gasteiger partial charge on any atom is -0.479 e. The quantitative estimate of drug-likeness (QED) is 0.578. The molecule has 0 radical (unpaired) electrons. The van der Waals surface area contributed by atoms with Gasteiger partial charge in [0.05, 0.1) is 0 Å². The fraction of sp³-hybridized carbons (Fsp3) is 0.348. The standard InChI is InChI=1S/C23H23F3N2O5/c1-22(2,11-18(29)27-19(20(30)31)23(24,25)26)28-21(32)33-12-17-15-9-5-3-7-13(15)14-8-4-6-10-16(14)17/h3-10,17,19H,11-12H2,1-2H3,(H,27,29)(H,28,32)(H,30,31). The van der Waals surface area contributed by atoms with E-state index in [0.29, 0.717) is 0 Å². The molecule has 7 nitrogen and oxygen atoms in total. The van der Waals surface area contributed by atoms with Crippen LogP contribution in [0.15, 0.2) is 48.5 Å². The molecule has 2 aromatic carbocycles. The van der Waals surface area contributed by atoms with E-state index in [1.54, 1.807) is 0 Å². The monoisotopic (exact) mass is 464 g/mol. The average Bonchev–Trinajstić information content (AvgIpc) is 3.02. The van der Waals surface area contributed by atoms with E-state index in [0.717, 1.165) is 22.3 Å². The number of nitrogens with one attached hydrogen (secondary N) is 2. The van der Waals surface area contributed by atoms with Crippen molar-refractivity contribution in [3.63, 3.8) is 0 Å². The molecule has 1 unspecified atom stereocenters. The molecule has 0 aliphatic heterocycles. The third-order valence-corrected chi connectivity index (χ3v) is 5.27. The molecule has 2 amide bonds. The van der Waals surface area contributed by atoms with Gasteiger partial charge in [-0.1, -0.05) is 48.5 Å². The van der Waals surface area contributed by atoms with Crippen LogP contribution in [-0.4, -0.2) is 47.4 Å². The van der Waals surface area contributed by atoms with Gasteiger partial charge in [0, 0.05) is 17.9 Å². The summed E-state index contributed by atoms with van der Waals surface area (Å²) in [6, 6.07) is 12.5. The van der Waals surface area contributed by atoms with Crippen LogP contribution in [0.25, 0.3) is 11.1 Å². The molecular weight excluding hydrogens is 441 g/mol. The SMILES string of the molecule is CC(C)(CC(=O)NC(C(=O)O)C(F)(F)F)NC(=O)OCC1c2ccccc2-c2ccccc21. The number of alkyl halides is 3. The summed E-state index contributed by atoms with van der Waals surface area (Å²) in [5.41, 5.74) is 2.84. The first-order valence-corrected chi connectivity index (χ1v) is 10.1. The Morgan fingerprint density at radius 3 is 2.00 bits per heavy atom. The van der Waals surface area contributed by atoms with Gasteiger partial charge < -0.3 is 20.5 Å². The molecule has 33 heavy (non-hydrogen) atoms. The van der Waals surface area contributed by atoms with Gasteiger partial charge in [0.25, 0.3) is 0 Å². The Hall–Kier alpha value is -3.56. The molecule has 1 atom stereocenters. The second-order valence-electron chi connectivity index (χ2n) is 8.39. The summed E-state index contributed by atoms with van der Waals surface area (Å²) < 4.78 is 43.6. The van der Waals surface area contributed by atoms with E-state index >= 15 is 0 Å². The smallest absolute Gasteiger partial charge is 0.419 e. The third kappa shape index (κ3) is 5.63. The first-order valence-electron chi connectivity index (χ1n) is 10.1. The zero-order valence-corrected chi connectivity index (χ0v) is 17.9. The van der Waals surface area contributed by atoms with Gasteiger partial charge in [0.2, 0.25) is 11.9 Å². The van der Waals surface area contributed by atoms with Crippen molar-refractivity contribution in [1.82, 2.24) is 10.6 Å². The van der Waals surface area contributed by atoms with Crippen LogP contribution >= 0.6 is 0 Å². The van der Waals surface area contributed by atoms with Crippen molar-refractivity contribution in [2.75, 3.05) is 6.61 Å². The molecule has 1 aliphatic rings. The van der Waals surface area contributed by atoms with E-state index in [2.05, 4.69) is 5.32 Å². The summed E-state index contributed by atoms with van der Waals surface area (Å²) in [5, 5.41) is 12.6. The van der Waals surface area contributed by atoms with Crippen molar-refractivity contribution in [3.8, 4) is 11.1 Å². The molecule has 3 N–H and O–H groups in total. The van der Waals surface area contributed by atoms with E-state index < -0.39 is 42.1 Å². The van der Waals surface area contributed by atoms with E-state index in [1.165, 1.54) is 19.2 Å². The number of rotatable bonds is 7. The lowest BCUT2D eigenvalue weighted by Crippen LogP contribution is -2.53. The maximum atomic E-state index is 12.7. The number of amides is 2. The lowest BCUT2D eigenvalue weighted by Gasteiger charge is -2.27. The summed E-state index contributed by atoms with van der Waals surface area (Å²) in [7, 11) is 0. The minimum atomic E-state index is -5.15. The molecule has 0 spiro atoms. The van der Waals surface area contributed by atoms with Gasteiger partial charge in [0.1, 0.15) is 6.61 Å². The summed E-state index contributed by atoms with van der Waals surface area (Å²) in [5.74, 6) is -3.58. The van der Waals surface area contributed by atoms with Crippen molar-refractivity contribution in [1.29, 1.82) is 0 Å². The second kappa shape index (κ2) is 9.13. The number of carbonyl (C=O) groups excluding carboxylic acids is 2. The van der Waals surface area contributed by atoms with Crippen molar-refractivity contribution in [2.24, 2.45) is 0 Å². The number of hydrogen-bond donors (Lipinski definition) is 3. The number of halogens is 3. The summed E-state index contributed by atoms with van der Waals surface area (Å²) in [6.07, 6.45) is -6.58. The van der Waals surface area contributed by atoms with Crippen LogP contribution in [0.2, 0.25) is 0 Å². The van der Waals surface area contributed by atoms with Gasteiger partial charge in [-0.3, -0.25) is 4.79 Å². The largest absolute Gasteiger partial charge is 0.479 e. The number of carbonyl (C=O) groups is 3. The Labute approximate surface area is 187 Å². The molecule has 0 saturated carbocycles. The number of ether oxygens (including phenoxy) is 1. The van der Waals surface area contributed by atoms with E-state index in [-0.39, 0.29) is 12.5 Å². The lowest BCUT2D eigenvalue weighted by atomic mass is 9.98. The van der Waals surface area contributed by atoms with E-state index in [4.69, 9.17) is 9.84 Å². The highest BCUT2D eigenvalue weighted by atomic mass is 19.4. The van der Waals surface area contributed by atoms with Gasteiger partial charge in [0.15, 0.2) is 0 Å². The third-order valence-electron chi connectivity index (χ3n) is 5.27. The Morgan fingerprint density at radius 2 is 1.52 bits per heavy atom. The van der Waals surface area contributed by atoms with Crippen LogP contribution in [0.4, 0.5) is 18.0 Å². The Balaban J connectivity index is 1.59. The molecule has 2 aromatic rings. The predicted molar refractivity (Wildman–Crippen MR) is 113 cm³/mol. The van der Waals surface area contributed by atoms with Crippen LogP contribution in [0.1, 0.15) is 37.3 Å². The molecule has 0 bridgehead atoms. The van der Waals surface area contributed by atoms with Gasteiger partial charge in [-0.15, -0.1) is 0 Å². The molecule has 1 aliphatic carbocycles. The maximum Gasteiger partial charge on any atom is 0.419 e. The first kappa shape index (κ1) is 24.1. The fourth-order valence-corrected chi connectivity index (χ4v) is 3.85. The summed E-state index contributed by atoms with van der Waals surface area (Å²) in [4.78, 5) is 35.1. The van der Waals surface area contributed by atoms with E-state index in [1.807, 2.05) is 48.5 Å². The normalized spacial score (nSPS) is 14.1. The van der Waals surface area contributed by atoms with Crippen molar-refractivity contribution in [2.45, 2.75) is 43.9 Å². The molecular formula is C23H23F3N2O5. The van der Waals surface area contributed by atoms with Gasteiger partial charge >= 0.3 is 18.2 Å². The second-order valence-corrected chi connectivity index (χ2v) is 8.39. The van der Waals surface area contributed by atoms with Gasteiger partial charge in [-0.25, -0.2) is 9.59 Å². The number of hydrogen-bond acceptors (Lipinski definition) is 4. The van der Waals surface area contributed by atoms with Crippen LogP contribution in [0.5, 0.6) is 0 Å². The van der Waals surface area contributed by atoms with Crippen molar-refractivity contribution < 1.29 is 37.4 Å². The van der Waals surface area contributed by atoms with Crippen LogP contribution < -0.4 is 10.6 Å². The minimum absolute atomic E-state index is 0.0251. The Bertz CT molecular complexity index is 1020. The highest BCUT2D eigenvalue weighted by molar-refractivity contribution is 5.85. The average molecular weight is 464 g/mol. The van der Waals surface area contributed by atoms with Crippen LogP contribution in [-0.2, 0) is 14.3 Å². The topological polar surface area (TPSA) is 105 Å². The number of aliphatic carboxylic acids is 1. The predicted octanol–water partition coefficient (Wildman–Crippen LogP) is 3.83. The van der Waals surface area contributed by atoms with Gasteiger partial charge in [-0.2, -0.15) is 13.2 Å². The molecule has 10 heteroatoms. The highest BCUT2D eigenvalue weighted by Crippen LogP contribution is 2.44. The molecule has 3 rings (SSSR count). The highest BCUT2D eigenvalue weighted by Gasteiger charge is 2.46. The number of alkyl carbamates (subject to hydrolysis) is 1. The number of carboxylic acids is 1. The molecule has 0 fully saturated rings. The van der Waals surface area contributed by atoms with Crippen LogP contribution in [0.3, 0.4) is 0 Å². The van der Waals surface area contributed by atoms with Crippen molar-refractivity contribution >= 4 is 18.0 Å². The zero-order chi connectivity index (χ0) is 24.4. The Morgan fingerprint density at radius 1 is 1.00 bits per heavy atom. The number of benzene rings is 2. The first-order chi connectivity index (χ1) is 15.4. The number of carboxylic acid groups (broad SMARTS) is 1. The van der Waals surface area contributed by atoms with Crippen LogP contribution in [0, 0.1) is 0 Å². The lowest BCUT2D eigenvalue weighted by molar-refractivity contribution is -0.182. The fourth-order valence-electron chi connectivity index (χ4n) is 3.85. The summed E-state index contributed by atoms with van der Waals surface area (Å²) >= 11 is 0. The van der Waals surface area contributed by atoms with Gasteiger partial charge in [-0.05, 0) is 36.1 Å². The number of fused-ring (bicyclic) bond motifs is 3. The summed E-state index contributed by atoms with van der Waals surface area (Å²) in [6.45, 7) is 2.85. The maximum absolute atomic E-state index is 12.7. The van der Waals surface area contributed by atoms with Crippen molar-refractivity contribution in [3.05, 3.63) is 59.7 Å². The Kier molecular flexibility index (Phi) is 6.66. The van der Waals surface area contributed by atoms with E-state index in [9.17, 15) is 27.6 Å². The molecule has 0 heterocycles. The molecule has 0 saturated heterocycles. The zero-order valence-electron chi connectivity index (χ0n) is 17.9.